The van der Waals surface area contributed by atoms with Crippen LogP contribution in [-0.2, 0) is 0 Å². The summed E-state index contributed by atoms with van der Waals surface area (Å²) in [6.45, 7) is 5.68. The molecule has 2 aromatic rings. The molecule has 0 atom stereocenters. The largest absolute Gasteiger partial charge is 0.347 e. The summed E-state index contributed by atoms with van der Waals surface area (Å²) in [6.07, 6.45) is 0. The first-order chi connectivity index (χ1) is 10.7. The number of anilines is 1. The summed E-state index contributed by atoms with van der Waals surface area (Å²) < 4.78 is 12.9. The van der Waals surface area contributed by atoms with Gasteiger partial charge < -0.3 is 10.6 Å². The average Bonchev–Trinajstić information content (AvgIpc) is 2.46. The molecule has 0 saturated heterocycles. The molecular formula is C18H19FN2O2. The number of amides is 2. The van der Waals surface area contributed by atoms with Crippen molar-refractivity contribution >= 4 is 17.5 Å². The Labute approximate surface area is 134 Å². The van der Waals surface area contributed by atoms with Crippen molar-refractivity contribution in [1.82, 2.24) is 5.32 Å². The molecule has 0 fully saturated rings. The molecule has 4 nitrogen and oxygen atoms in total. The van der Waals surface area contributed by atoms with E-state index >= 15 is 0 Å². The molecule has 0 radical (unpaired) electrons. The molecule has 0 saturated carbocycles. The Morgan fingerprint density at radius 3 is 2.17 bits per heavy atom. The van der Waals surface area contributed by atoms with Crippen molar-refractivity contribution in [2.45, 2.75) is 26.3 Å². The maximum Gasteiger partial charge on any atom is 0.255 e. The lowest BCUT2D eigenvalue weighted by Crippen LogP contribution is -2.40. The fraction of sp³-hybridized carbons (Fsp3) is 0.222. The van der Waals surface area contributed by atoms with Crippen molar-refractivity contribution in [3.63, 3.8) is 0 Å². The number of hydrogen-bond donors (Lipinski definition) is 2. The zero-order valence-corrected chi connectivity index (χ0v) is 13.3. The third-order valence-corrected chi connectivity index (χ3v) is 2.98. The van der Waals surface area contributed by atoms with Crippen LogP contribution in [0.1, 0.15) is 41.5 Å². The zero-order valence-electron chi connectivity index (χ0n) is 13.3. The van der Waals surface area contributed by atoms with Crippen LogP contribution < -0.4 is 10.6 Å². The number of benzene rings is 2. The monoisotopic (exact) mass is 314 g/mol. The third kappa shape index (κ3) is 4.92. The van der Waals surface area contributed by atoms with Gasteiger partial charge in [0.2, 0.25) is 0 Å². The summed E-state index contributed by atoms with van der Waals surface area (Å²) in [7, 11) is 0. The van der Waals surface area contributed by atoms with Crippen molar-refractivity contribution in [2.24, 2.45) is 0 Å². The Hall–Kier alpha value is -2.69. The number of nitrogens with one attached hydrogen (secondary N) is 2. The number of halogens is 1. The zero-order chi connectivity index (χ0) is 17.0. The lowest BCUT2D eigenvalue weighted by atomic mass is 10.1. The van der Waals surface area contributed by atoms with Crippen LogP contribution in [0.3, 0.4) is 0 Å². The molecule has 5 heteroatoms. The first kappa shape index (κ1) is 16.7. The van der Waals surface area contributed by atoms with Crippen LogP contribution in [0, 0.1) is 5.82 Å². The molecule has 0 aliphatic rings. The summed E-state index contributed by atoms with van der Waals surface area (Å²) in [6, 6.07) is 11.9. The molecule has 2 aromatic carbocycles. The standard InChI is InChI=1S/C18H19FN2O2/c1-18(2,3)21-17(23)13-5-4-6-15(11-13)20-16(22)12-7-9-14(19)10-8-12/h4-11H,1-3H3,(H,20,22)(H,21,23). The fourth-order valence-electron chi connectivity index (χ4n) is 1.96. The molecule has 0 aliphatic carbocycles. The highest BCUT2D eigenvalue weighted by Gasteiger charge is 2.15. The van der Waals surface area contributed by atoms with Crippen LogP contribution in [0.2, 0.25) is 0 Å². The Morgan fingerprint density at radius 1 is 0.913 bits per heavy atom. The predicted octanol–water partition coefficient (Wildman–Crippen LogP) is 3.61. The summed E-state index contributed by atoms with van der Waals surface area (Å²) in [5.74, 6) is -0.976. The van der Waals surface area contributed by atoms with Crippen LogP contribution in [0.4, 0.5) is 10.1 Å². The molecule has 0 aromatic heterocycles. The first-order valence-corrected chi connectivity index (χ1v) is 7.24. The van der Waals surface area contributed by atoms with Crippen molar-refractivity contribution in [3.8, 4) is 0 Å². The van der Waals surface area contributed by atoms with Gasteiger partial charge in [-0.1, -0.05) is 6.07 Å². The Morgan fingerprint density at radius 2 is 1.57 bits per heavy atom. The molecule has 0 unspecified atom stereocenters. The minimum atomic E-state index is -0.401. The summed E-state index contributed by atoms with van der Waals surface area (Å²) in [4.78, 5) is 24.2. The van der Waals surface area contributed by atoms with Crippen molar-refractivity contribution in [2.75, 3.05) is 5.32 Å². The summed E-state index contributed by atoms with van der Waals surface area (Å²) in [5, 5.41) is 5.55. The molecule has 0 bridgehead atoms. The van der Waals surface area contributed by atoms with Gasteiger partial charge >= 0.3 is 0 Å². The van der Waals surface area contributed by atoms with Gasteiger partial charge in [-0.05, 0) is 63.2 Å². The minimum absolute atomic E-state index is 0.213. The highest BCUT2D eigenvalue weighted by atomic mass is 19.1. The number of hydrogen-bond acceptors (Lipinski definition) is 2. The van der Waals surface area contributed by atoms with Gasteiger partial charge in [-0.15, -0.1) is 0 Å². The quantitative estimate of drug-likeness (QED) is 0.909. The van der Waals surface area contributed by atoms with Crippen molar-refractivity contribution < 1.29 is 14.0 Å². The maximum atomic E-state index is 12.9. The fourth-order valence-corrected chi connectivity index (χ4v) is 1.96. The predicted molar refractivity (Wildman–Crippen MR) is 88.0 cm³/mol. The molecule has 2 N–H and O–H groups in total. The first-order valence-electron chi connectivity index (χ1n) is 7.24. The Balaban J connectivity index is 2.12. The lowest BCUT2D eigenvalue weighted by Gasteiger charge is -2.20. The normalized spacial score (nSPS) is 11.0. The second-order valence-electron chi connectivity index (χ2n) is 6.25. The SMILES string of the molecule is CC(C)(C)NC(=O)c1cccc(NC(=O)c2ccc(F)cc2)c1. The summed E-state index contributed by atoms with van der Waals surface area (Å²) >= 11 is 0. The van der Waals surface area contributed by atoms with Gasteiger partial charge in [0.1, 0.15) is 5.82 Å². The second-order valence-corrected chi connectivity index (χ2v) is 6.25. The molecule has 2 rings (SSSR count). The highest BCUT2D eigenvalue weighted by Crippen LogP contribution is 2.14. The number of rotatable bonds is 3. The van der Waals surface area contributed by atoms with Crippen molar-refractivity contribution in [1.29, 1.82) is 0 Å². The van der Waals surface area contributed by atoms with Crippen LogP contribution in [0.5, 0.6) is 0 Å². The molecule has 23 heavy (non-hydrogen) atoms. The molecule has 0 aliphatic heterocycles. The van der Waals surface area contributed by atoms with E-state index in [9.17, 15) is 14.0 Å². The molecule has 120 valence electrons. The van der Waals surface area contributed by atoms with E-state index in [1.54, 1.807) is 24.3 Å². The Kier molecular flexibility index (Phi) is 4.79. The van der Waals surface area contributed by atoms with E-state index in [0.717, 1.165) is 0 Å². The smallest absolute Gasteiger partial charge is 0.255 e. The Bertz CT molecular complexity index is 719. The van der Waals surface area contributed by atoms with Crippen molar-refractivity contribution in [3.05, 3.63) is 65.5 Å². The van der Waals surface area contributed by atoms with Crippen LogP contribution >= 0.6 is 0 Å². The topological polar surface area (TPSA) is 58.2 Å². The van der Waals surface area contributed by atoms with E-state index in [0.29, 0.717) is 16.8 Å². The van der Waals surface area contributed by atoms with Crippen LogP contribution in [-0.4, -0.2) is 17.4 Å². The lowest BCUT2D eigenvalue weighted by molar-refractivity contribution is 0.0918. The van der Waals surface area contributed by atoms with Crippen LogP contribution in [0.15, 0.2) is 48.5 Å². The highest BCUT2D eigenvalue weighted by molar-refractivity contribution is 6.05. The van der Waals surface area contributed by atoms with E-state index in [1.807, 2.05) is 20.8 Å². The minimum Gasteiger partial charge on any atom is -0.347 e. The van der Waals surface area contributed by atoms with Gasteiger partial charge in [-0.2, -0.15) is 0 Å². The van der Waals surface area contributed by atoms with E-state index in [-0.39, 0.29) is 17.4 Å². The molecule has 0 spiro atoms. The van der Waals surface area contributed by atoms with Gasteiger partial charge in [-0.25, -0.2) is 4.39 Å². The van der Waals surface area contributed by atoms with Crippen LogP contribution in [0.25, 0.3) is 0 Å². The van der Waals surface area contributed by atoms with Gasteiger partial charge in [0.05, 0.1) is 0 Å². The maximum absolute atomic E-state index is 12.9. The van der Waals surface area contributed by atoms with E-state index in [1.165, 1.54) is 24.3 Å². The molecule has 2 amide bonds. The van der Waals surface area contributed by atoms with Gasteiger partial charge in [-0.3, -0.25) is 9.59 Å². The molecular weight excluding hydrogens is 295 g/mol. The average molecular weight is 314 g/mol. The number of carbonyl (C=O) groups excluding carboxylic acids is 2. The van der Waals surface area contributed by atoms with Gasteiger partial charge in [0.25, 0.3) is 11.8 Å². The van der Waals surface area contributed by atoms with Gasteiger partial charge in [0, 0.05) is 22.4 Å². The second kappa shape index (κ2) is 6.60. The van der Waals surface area contributed by atoms with E-state index in [2.05, 4.69) is 10.6 Å². The third-order valence-electron chi connectivity index (χ3n) is 2.98. The summed E-state index contributed by atoms with van der Waals surface area (Å²) in [5.41, 5.74) is 0.957. The van der Waals surface area contributed by atoms with E-state index < -0.39 is 5.82 Å². The van der Waals surface area contributed by atoms with E-state index in [4.69, 9.17) is 0 Å². The molecule has 0 heterocycles. The van der Waals surface area contributed by atoms with Gasteiger partial charge in [0.15, 0.2) is 0 Å². The number of carbonyl (C=O) groups is 2.